The van der Waals surface area contributed by atoms with Crippen LogP contribution >= 0.6 is 0 Å². The van der Waals surface area contributed by atoms with Crippen LogP contribution < -0.4 is 11.1 Å². The Bertz CT molecular complexity index is 462. The fourth-order valence-electron chi connectivity index (χ4n) is 1.54. The van der Waals surface area contributed by atoms with Crippen molar-refractivity contribution in [2.45, 2.75) is 33.2 Å². The van der Waals surface area contributed by atoms with Crippen LogP contribution in [0.25, 0.3) is 0 Å². The highest BCUT2D eigenvalue weighted by molar-refractivity contribution is 5.85. The normalized spacial score (nSPS) is 14.1. The van der Waals surface area contributed by atoms with Crippen LogP contribution in [0.15, 0.2) is 6.07 Å². The number of methoxy groups -OCH3 is 1. The minimum Gasteiger partial charge on any atom is -0.463 e. The number of rotatable bonds is 5. The standard InChI is InChI=1S/C13H22N4O2/c1-8(2)13(4,7-14)17-10-6-9(3)15-11(16-10)12(18)19-5/h6,8H,7,14H2,1-5H3,(H,15,16,17). The monoisotopic (exact) mass is 266 g/mol. The van der Waals surface area contributed by atoms with Crippen LogP contribution in [0.1, 0.15) is 37.1 Å². The Morgan fingerprint density at radius 2 is 2.16 bits per heavy atom. The molecular formula is C13H22N4O2. The van der Waals surface area contributed by atoms with Gasteiger partial charge < -0.3 is 15.8 Å². The first-order valence-electron chi connectivity index (χ1n) is 6.24. The van der Waals surface area contributed by atoms with Gasteiger partial charge in [-0.25, -0.2) is 14.8 Å². The summed E-state index contributed by atoms with van der Waals surface area (Å²) in [6.45, 7) is 8.44. The molecule has 19 heavy (non-hydrogen) atoms. The van der Waals surface area contributed by atoms with Crippen molar-refractivity contribution >= 4 is 11.8 Å². The minimum atomic E-state index is -0.550. The minimum absolute atomic E-state index is 0.0492. The maximum atomic E-state index is 11.5. The van der Waals surface area contributed by atoms with Gasteiger partial charge in [0.25, 0.3) is 0 Å². The fourth-order valence-corrected chi connectivity index (χ4v) is 1.54. The van der Waals surface area contributed by atoms with Crippen LogP contribution in [0.4, 0.5) is 5.82 Å². The Morgan fingerprint density at radius 3 is 2.63 bits per heavy atom. The Balaban J connectivity index is 3.08. The first-order valence-corrected chi connectivity index (χ1v) is 6.24. The van der Waals surface area contributed by atoms with Crippen LogP contribution in [0.3, 0.4) is 0 Å². The molecule has 6 heteroatoms. The number of nitrogens with zero attached hydrogens (tertiary/aromatic N) is 2. The number of hydrogen-bond acceptors (Lipinski definition) is 6. The molecule has 0 spiro atoms. The van der Waals surface area contributed by atoms with Crippen LogP contribution in [-0.4, -0.2) is 35.1 Å². The number of nitrogens with two attached hydrogens (primary N) is 1. The van der Waals surface area contributed by atoms with Gasteiger partial charge in [-0.05, 0) is 19.8 Å². The molecule has 1 atom stereocenters. The molecule has 1 aromatic rings. The van der Waals surface area contributed by atoms with Crippen molar-refractivity contribution in [1.82, 2.24) is 9.97 Å². The number of nitrogens with one attached hydrogen (secondary N) is 1. The third-order valence-electron chi connectivity index (χ3n) is 3.33. The number of carbonyl (C=O) groups is 1. The Hall–Kier alpha value is -1.69. The second-order valence-electron chi connectivity index (χ2n) is 5.11. The summed E-state index contributed by atoms with van der Waals surface area (Å²) in [5.74, 6) is 0.391. The van der Waals surface area contributed by atoms with Crippen LogP contribution in [0.2, 0.25) is 0 Å². The number of carbonyl (C=O) groups excluding carboxylic acids is 1. The van der Waals surface area contributed by atoms with Crippen molar-refractivity contribution < 1.29 is 9.53 Å². The van der Waals surface area contributed by atoms with E-state index in [2.05, 4.69) is 33.9 Å². The molecule has 0 aromatic carbocycles. The Kier molecular flexibility index (Phi) is 4.83. The fraction of sp³-hybridized carbons (Fsp3) is 0.615. The quantitative estimate of drug-likeness (QED) is 0.782. The van der Waals surface area contributed by atoms with E-state index in [1.165, 1.54) is 7.11 Å². The van der Waals surface area contributed by atoms with E-state index in [9.17, 15) is 4.79 Å². The van der Waals surface area contributed by atoms with E-state index in [0.29, 0.717) is 24.0 Å². The summed E-state index contributed by atoms with van der Waals surface area (Å²) < 4.78 is 4.63. The number of anilines is 1. The number of aryl methyl sites for hydroxylation is 1. The van der Waals surface area contributed by atoms with E-state index in [1.54, 1.807) is 13.0 Å². The lowest BCUT2D eigenvalue weighted by molar-refractivity contribution is 0.0586. The van der Waals surface area contributed by atoms with Crippen LogP contribution in [-0.2, 0) is 4.74 Å². The van der Waals surface area contributed by atoms with Crippen molar-refractivity contribution in [2.24, 2.45) is 11.7 Å². The van der Waals surface area contributed by atoms with Gasteiger partial charge in [0.05, 0.1) is 12.6 Å². The molecule has 1 rings (SSSR count). The zero-order valence-corrected chi connectivity index (χ0v) is 12.2. The summed E-state index contributed by atoms with van der Waals surface area (Å²) in [4.78, 5) is 19.7. The molecule has 1 heterocycles. The maximum Gasteiger partial charge on any atom is 0.376 e. The van der Waals surface area contributed by atoms with Crippen molar-refractivity contribution in [3.05, 3.63) is 17.6 Å². The number of hydrogen-bond donors (Lipinski definition) is 2. The van der Waals surface area contributed by atoms with Gasteiger partial charge in [-0.15, -0.1) is 0 Å². The number of esters is 1. The molecule has 0 radical (unpaired) electrons. The van der Waals surface area contributed by atoms with E-state index in [0.717, 1.165) is 0 Å². The van der Waals surface area contributed by atoms with E-state index < -0.39 is 5.97 Å². The Morgan fingerprint density at radius 1 is 1.53 bits per heavy atom. The van der Waals surface area contributed by atoms with Gasteiger partial charge in [0.15, 0.2) is 0 Å². The predicted octanol–water partition coefficient (Wildman–Crippen LogP) is 1.36. The number of aromatic nitrogens is 2. The number of ether oxygens (including phenoxy) is 1. The Labute approximate surface area is 113 Å². The molecule has 6 nitrogen and oxygen atoms in total. The molecule has 0 aliphatic carbocycles. The lowest BCUT2D eigenvalue weighted by Gasteiger charge is -2.34. The second-order valence-corrected chi connectivity index (χ2v) is 5.11. The first kappa shape index (κ1) is 15.4. The highest BCUT2D eigenvalue weighted by Gasteiger charge is 2.27. The van der Waals surface area contributed by atoms with Crippen molar-refractivity contribution in [3.8, 4) is 0 Å². The second kappa shape index (κ2) is 5.97. The SMILES string of the molecule is COC(=O)c1nc(C)cc(NC(C)(CN)C(C)C)n1. The van der Waals surface area contributed by atoms with Crippen LogP contribution in [0.5, 0.6) is 0 Å². The summed E-state index contributed by atoms with van der Waals surface area (Å²) in [5, 5.41) is 3.28. The molecule has 106 valence electrons. The van der Waals surface area contributed by atoms with E-state index in [4.69, 9.17) is 5.73 Å². The topological polar surface area (TPSA) is 90.1 Å². The highest BCUT2D eigenvalue weighted by atomic mass is 16.5. The van der Waals surface area contributed by atoms with Gasteiger partial charge in [0.2, 0.25) is 5.82 Å². The molecule has 0 aliphatic rings. The molecule has 0 amide bonds. The predicted molar refractivity (Wildman–Crippen MR) is 74.0 cm³/mol. The van der Waals surface area contributed by atoms with E-state index >= 15 is 0 Å². The van der Waals surface area contributed by atoms with Gasteiger partial charge in [-0.2, -0.15) is 0 Å². The van der Waals surface area contributed by atoms with Gasteiger partial charge in [0, 0.05) is 18.3 Å². The lowest BCUT2D eigenvalue weighted by atomic mass is 9.88. The molecule has 3 N–H and O–H groups in total. The average Bonchev–Trinajstić information content (AvgIpc) is 2.36. The molecule has 0 bridgehead atoms. The lowest BCUT2D eigenvalue weighted by Crippen LogP contribution is -2.47. The molecule has 1 aromatic heterocycles. The molecule has 0 fully saturated rings. The van der Waals surface area contributed by atoms with Gasteiger partial charge >= 0.3 is 5.97 Å². The summed E-state index contributed by atoms with van der Waals surface area (Å²) in [5.41, 5.74) is 6.22. The molecule has 0 saturated heterocycles. The zero-order valence-electron chi connectivity index (χ0n) is 12.2. The highest BCUT2D eigenvalue weighted by Crippen LogP contribution is 2.21. The smallest absolute Gasteiger partial charge is 0.376 e. The summed E-state index contributed by atoms with van der Waals surface area (Å²) in [6.07, 6.45) is 0. The third kappa shape index (κ3) is 3.64. The van der Waals surface area contributed by atoms with Crippen molar-refractivity contribution in [2.75, 3.05) is 19.0 Å². The van der Waals surface area contributed by atoms with E-state index in [1.807, 2.05) is 6.92 Å². The van der Waals surface area contributed by atoms with Gasteiger partial charge in [-0.1, -0.05) is 13.8 Å². The molecule has 0 aliphatic heterocycles. The maximum absolute atomic E-state index is 11.5. The largest absolute Gasteiger partial charge is 0.463 e. The third-order valence-corrected chi connectivity index (χ3v) is 3.33. The summed E-state index contributed by atoms with van der Waals surface area (Å²) in [7, 11) is 1.30. The molecule has 1 unspecified atom stereocenters. The van der Waals surface area contributed by atoms with Crippen LogP contribution in [0, 0.1) is 12.8 Å². The summed E-state index contributed by atoms with van der Waals surface area (Å²) >= 11 is 0. The van der Waals surface area contributed by atoms with Gasteiger partial charge in [0.1, 0.15) is 5.82 Å². The average molecular weight is 266 g/mol. The van der Waals surface area contributed by atoms with E-state index in [-0.39, 0.29) is 11.4 Å². The van der Waals surface area contributed by atoms with Gasteiger partial charge in [-0.3, -0.25) is 0 Å². The zero-order chi connectivity index (χ0) is 14.6. The molecular weight excluding hydrogens is 244 g/mol. The summed E-state index contributed by atoms with van der Waals surface area (Å²) in [6, 6.07) is 1.78. The first-order chi connectivity index (χ1) is 8.82. The van der Waals surface area contributed by atoms with Crippen molar-refractivity contribution in [1.29, 1.82) is 0 Å². The molecule has 0 saturated carbocycles. The van der Waals surface area contributed by atoms with Crippen molar-refractivity contribution in [3.63, 3.8) is 0 Å².